The van der Waals surface area contributed by atoms with Gasteiger partial charge in [-0.1, -0.05) is 32.0 Å². The molecule has 0 saturated carbocycles. The molecule has 2 aromatic rings. The standard InChI is InChI=1S/C26H28N2O4/c1-4-32-22-8-6-5-7-18(22)19-13-23(30)28(17-11-9-16(10-12-17)25(27)31)20-14-26(2,3)15-21(29)24(19)20/h5-12,19H,4,13-15H2,1-3H3,(H2,27,31). The van der Waals surface area contributed by atoms with Crippen LogP contribution in [0.25, 0.3) is 0 Å². The topological polar surface area (TPSA) is 89.7 Å². The highest BCUT2D eigenvalue weighted by atomic mass is 16.5. The van der Waals surface area contributed by atoms with Crippen molar-refractivity contribution in [3.63, 3.8) is 0 Å². The van der Waals surface area contributed by atoms with Gasteiger partial charge in [-0.2, -0.15) is 0 Å². The third kappa shape index (κ3) is 3.93. The van der Waals surface area contributed by atoms with Gasteiger partial charge in [0.1, 0.15) is 5.75 Å². The first kappa shape index (κ1) is 21.8. The second-order valence-electron chi connectivity index (χ2n) is 9.17. The first-order chi connectivity index (χ1) is 15.2. The number of primary amides is 1. The van der Waals surface area contributed by atoms with Crippen LogP contribution in [-0.4, -0.2) is 24.2 Å². The van der Waals surface area contributed by atoms with Gasteiger partial charge in [0, 0.05) is 46.8 Å². The number of hydrogen-bond acceptors (Lipinski definition) is 4. The largest absolute Gasteiger partial charge is 0.494 e. The molecule has 1 atom stereocenters. The molecule has 2 N–H and O–H groups in total. The molecule has 2 aliphatic rings. The molecule has 1 aliphatic carbocycles. The molecule has 6 nitrogen and oxygen atoms in total. The van der Waals surface area contributed by atoms with Gasteiger partial charge in [0.15, 0.2) is 5.78 Å². The van der Waals surface area contributed by atoms with E-state index in [0.29, 0.717) is 42.0 Å². The lowest BCUT2D eigenvalue weighted by Crippen LogP contribution is -2.43. The Labute approximate surface area is 188 Å². The van der Waals surface area contributed by atoms with E-state index >= 15 is 0 Å². The number of hydrogen-bond donors (Lipinski definition) is 1. The maximum absolute atomic E-state index is 13.5. The number of carbonyl (C=O) groups is 3. The van der Waals surface area contributed by atoms with E-state index in [1.165, 1.54) is 0 Å². The third-order valence-corrected chi connectivity index (χ3v) is 6.15. The van der Waals surface area contributed by atoms with Crippen LogP contribution in [0.4, 0.5) is 5.69 Å². The van der Waals surface area contributed by atoms with Gasteiger partial charge in [0.25, 0.3) is 0 Å². The molecular formula is C26H28N2O4. The zero-order valence-corrected chi connectivity index (χ0v) is 18.7. The number of Topliss-reactive ketones (excluding diaryl/α,β-unsaturated/α-hetero) is 1. The maximum Gasteiger partial charge on any atom is 0.248 e. The fraction of sp³-hybridized carbons (Fsp3) is 0.346. The molecule has 0 aromatic heterocycles. The SMILES string of the molecule is CCOc1ccccc1C1CC(=O)N(c2ccc(C(N)=O)cc2)C2=C1C(=O)CC(C)(C)C2. The molecule has 4 rings (SSSR count). The number of carbonyl (C=O) groups excluding carboxylic acids is 3. The van der Waals surface area contributed by atoms with Gasteiger partial charge in [0.05, 0.1) is 6.61 Å². The molecule has 1 unspecified atom stereocenters. The Balaban J connectivity index is 1.87. The number of rotatable bonds is 5. The minimum absolute atomic E-state index is 0.0683. The van der Waals surface area contributed by atoms with E-state index in [0.717, 1.165) is 11.3 Å². The predicted octanol–water partition coefficient (Wildman–Crippen LogP) is 4.35. The highest BCUT2D eigenvalue weighted by molar-refractivity contribution is 6.08. The lowest BCUT2D eigenvalue weighted by Gasteiger charge is -2.43. The summed E-state index contributed by atoms with van der Waals surface area (Å²) in [4.78, 5) is 40.0. The van der Waals surface area contributed by atoms with Gasteiger partial charge in [-0.25, -0.2) is 0 Å². The Morgan fingerprint density at radius 1 is 1.09 bits per heavy atom. The molecule has 2 amide bonds. The first-order valence-electron chi connectivity index (χ1n) is 10.9. The summed E-state index contributed by atoms with van der Waals surface area (Å²) in [5, 5.41) is 0. The highest BCUT2D eigenvalue weighted by Gasteiger charge is 2.44. The number of nitrogens with zero attached hydrogens (tertiary/aromatic N) is 1. The summed E-state index contributed by atoms with van der Waals surface area (Å²) in [6, 6.07) is 14.3. The van der Waals surface area contributed by atoms with E-state index in [2.05, 4.69) is 0 Å². The van der Waals surface area contributed by atoms with Crippen LogP contribution in [0.15, 0.2) is 59.8 Å². The van der Waals surface area contributed by atoms with Crippen molar-refractivity contribution in [3.8, 4) is 5.75 Å². The lowest BCUT2D eigenvalue weighted by molar-refractivity contribution is -0.121. The summed E-state index contributed by atoms with van der Waals surface area (Å²) in [5.41, 5.74) is 8.41. The van der Waals surface area contributed by atoms with Crippen LogP contribution >= 0.6 is 0 Å². The first-order valence-corrected chi connectivity index (χ1v) is 10.9. The van der Waals surface area contributed by atoms with Crippen molar-refractivity contribution in [2.45, 2.75) is 46.0 Å². The third-order valence-electron chi connectivity index (χ3n) is 6.15. The minimum Gasteiger partial charge on any atom is -0.494 e. The number of ketones is 1. The molecule has 166 valence electrons. The van der Waals surface area contributed by atoms with Gasteiger partial charge in [-0.3, -0.25) is 19.3 Å². The van der Waals surface area contributed by atoms with E-state index < -0.39 is 5.91 Å². The summed E-state index contributed by atoms with van der Waals surface area (Å²) in [7, 11) is 0. The maximum atomic E-state index is 13.5. The molecule has 0 saturated heterocycles. The van der Waals surface area contributed by atoms with Gasteiger partial charge in [-0.15, -0.1) is 0 Å². The van der Waals surface area contributed by atoms with Crippen LogP contribution in [0.1, 0.15) is 61.9 Å². The average Bonchev–Trinajstić information content (AvgIpc) is 2.73. The van der Waals surface area contributed by atoms with Crippen LogP contribution in [0.3, 0.4) is 0 Å². The van der Waals surface area contributed by atoms with Crippen molar-refractivity contribution in [2.75, 3.05) is 11.5 Å². The van der Waals surface area contributed by atoms with Crippen molar-refractivity contribution in [3.05, 3.63) is 70.9 Å². The average molecular weight is 433 g/mol. The van der Waals surface area contributed by atoms with Gasteiger partial charge < -0.3 is 10.5 Å². The normalized spacial score (nSPS) is 20.2. The zero-order valence-electron chi connectivity index (χ0n) is 18.7. The number of para-hydroxylation sites is 1. The van der Waals surface area contributed by atoms with E-state index in [1.807, 2.05) is 45.0 Å². The molecule has 2 aromatic carbocycles. The summed E-state index contributed by atoms with van der Waals surface area (Å²) in [5.74, 6) is -0.180. The summed E-state index contributed by atoms with van der Waals surface area (Å²) in [6.07, 6.45) is 1.21. The smallest absolute Gasteiger partial charge is 0.248 e. The van der Waals surface area contributed by atoms with E-state index in [1.54, 1.807) is 29.2 Å². The van der Waals surface area contributed by atoms with Crippen molar-refractivity contribution in [1.82, 2.24) is 0 Å². The van der Waals surface area contributed by atoms with E-state index in [4.69, 9.17) is 10.5 Å². The number of nitrogens with two attached hydrogens (primary N) is 1. The summed E-state index contributed by atoms with van der Waals surface area (Å²) >= 11 is 0. The lowest BCUT2D eigenvalue weighted by atomic mass is 9.69. The number of benzene rings is 2. The summed E-state index contributed by atoms with van der Waals surface area (Å²) < 4.78 is 5.83. The number of anilines is 1. The Morgan fingerprint density at radius 2 is 1.78 bits per heavy atom. The van der Waals surface area contributed by atoms with Gasteiger partial charge >= 0.3 is 0 Å². The molecule has 1 aliphatic heterocycles. The Bertz CT molecular complexity index is 1110. The molecule has 0 bridgehead atoms. The van der Waals surface area contributed by atoms with Crippen LogP contribution in [0.2, 0.25) is 0 Å². The molecular weight excluding hydrogens is 404 g/mol. The van der Waals surface area contributed by atoms with Crippen molar-refractivity contribution in [2.24, 2.45) is 11.1 Å². The Hall–Kier alpha value is -3.41. The fourth-order valence-electron chi connectivity index (χ4n) is 4.81. The quantitative estimate of drug-likeness (QED) is 0.761. The Kier molecular flexibility index (Phi) is 5.63. The molecule has 0 radical (unpaired) electrons. The van der Waals surface area contributed by atoms with Crippen LogP contribution in [0.5, 0.6) is 5.75 Å². The minimum atomic E-state index is -0.525. The highest BCUT2D eigenvalue weighted by Crippen LogP contribution is 2.49. The molecule has 0 spiro atoms. The number of ether oxygens (including phenoxy) is 1. The van der Waals surface area contributed by atoms with Crippen LogP contribution < -0.4 is 15.4 Å². The van der Waals surface area contributed by atoms with Crippen LogP contribution in [0, 0.1) is 5.41 Å². The molecule has 32 heavy (non-hydrogen) atoms. The Morgan fingerprint density at radius 3 is 2.44 bits per heavy atom. The van der Waals surface area contributed by atoms with Gasteiger partial charge in [-0.05, 0) is 49.1 Å². The fourth-order valence-corrected chi connectivity index (χ4v) is 4.81. The molecule has 0 fully saturated rings. The second-order valence-corrected chi connectivity index (χ2v) is 9.17. The monoisotopic (exact) mass is 432 g/mol. The van der Waals surface area contributed by atoms with Crippen molar-refractivity contribution < 1.29 is 19.1 Å². The number of amides is 2. The van der Waals surface area contributed by atoms with Gasteiger partial charge in [0.2, 0.25) is 11.8 Å². The van der Waals surface area contributed by atoms with Crippen molar-refractivity contribution >= 4 is 23.3 Å². The molecule has 1 heterocycles. The van der Waals surface area contributed by atoms with E-state index in [9.17, 15) is 14.4 Å². The van der Waals surface area contributed by atoms with E-state index in [-0.39, 0.29) is 29.4 Å². The van der Waals surface area contributed by atoms with Crippen molar-refractivity contribution in [1.29, 1.82) is 0 Å². The molecule has 6 heteroatoms. The predicted molar refractivity (Wildman–Crippen MR) is 122 cm³/mol. The second kappa shape index (κ2) is 8.26. The summed E-state index contributed by atoms with van der Waals surface area (Å²) in [6.45, 7) is 6.51. The van der Waals surface area contributed by atoms with Crippen LogP contribution in [-0.2, 0) is 9.59 Å². The number of allylic oxidation sites excluding steroid dienone is 2. The zero-order chi connectivity index (χ0) is 23.0.